The Labute approximate surface area is 123 Å². The Morgan fingerprint density at radius 1 is 1.16 bits per heavy atom. The Morgan fingerprint density at radius 2 is 1.74 bits per heavy atom. The van der Waals surface area contributed by atoms with Gasteiger partial charge in [-0.3, -0.25) is 9.69 Å². The molecule has 1 fully saturated rings. The third kappa shape index (κ3) is 3.39. The molecule has 0 aromatic heterocycles. The van der Waals surface area contributed by atoms with E-state index in [4.69, 9.17) is 28.9 Å². The summed E-state index contributed by atoms with van der Waals surface area (Å²) >= 11 is 12.1. The minimum absolute atomic E-state index is 0.0944. The fourth-order valence-electron chi connectivity index (χ4n) is 2.22. The van der Waals surface area contributed by atoms with Crippen LogP contribution in [0.4, 0.5) is 0 Å². The Hall–Kier alpha value is -0.810. The van der Waals surface area contributed by atoms with E-state index >= 15 is 0 Å². The SMILES string of the molecule is NCCN1CCN(C(=O)c2c(Cl)cccc2Cl)CC1. The Balaban J connectivity index is 2.05. The standard InChI is InChI=1S/C13H17Cl2N3O/c14-10-2-1-3-11(15)12(10)13(19)18-8-6-17(5-4-16)7-9-18/h1-3H,4-9,16H2. The first-order valence-electron chi connectivity index (χ1n) is 6.29. The molecule has 2 N–H and O–H groups in total. The van der Waals surface area contributed by atoms with Gasteiger partial charge in [-0.15, -0.1) is 0 Å². The molecule has 0 saturated carbocycles. The predicted molar refractivity (Wildman–Crippen MR) is 77.9 cm³/mol. The predicted octanol–water partition coefficient (Wildman–Crippen LogP) is 1.71. The molecule has 0 aliphatic carbocycles. The maximum atomic E-state index is 12.4. The zero-order valence-electron chi connectivity index (χ0n) is 10.6. The van der Waals surface area contributed by atoms with Gasteiger partial charge in [0.05, 0.1) is 15.6 Å². The number of hydrogen-bond donors (Lipinski definition) is 1. The second-order valence-electron chi connectivity index (χ2n) is 4.52. The Morgan fingerprint density at radius 3 is 2.26 bits per heavy atom. The first-order chi connectivity index (χ1) is 9.13. The van der Waals surface area contributed by atoms with Crippen molar-refractivity contribution in [3.05, 3.63) is 33.8 Å². The molecule has 6 heteroatoms. The van der Waals surface area contributed by atoms with Gasteiger partial charge in [-0.25, -0.2) is 0 Å². The van der Waals surface area contributed by atoms with E-state index in [1.165, 1.54) is 0 Å². The molecule has 1 aromatic carbocycles. The van der Waals surface area contributed by atoms with E-state index in [0.717, 1.165) is 19.6 Å². The van der Waals surface area contributed by atoms with E-state index in [1.807, 2.05) is 0 Å². The van der Waals surface area contributed by atoms with E-state index in [1.54, 1.807) is 23.1 Å². The number of hydrogen-bond acceptors (Lipinski definition) is 3. The van der Waals surface area contributed by atoms with E-state index in [0.29, 0.717) is 35.2 Å². The summed E-state index contributed by atoms with van der Waals surface area (Å²) in [6.45, 7) is 4.55. The Kier molecular flexibility index (Phi) is 5.05. The van der Waals surface area contributed by atoms with Crippen molar-refractivity contribution in [1.82, 2.24) is 9.80 Å². The van der Waals surface area contributed by atoms with Crippen LogP contribution in [-0.4, -0.2) is 55.0 Å². The minimum atomic E-state index is -0.0944. The molecule has 19 heavy (non-hydrogen) atoms. The van der Waals surface area contributed by atoms with Crippen LogP contribution in [0.25, 0.3) is 0 Å². The van der Waals surface area contributed by atoms with Crippen molar-refractivity contribution < 1.29 is 4.79 Å². The van der Waals surface area contributed by atoms with Crippen molar-refractivity contribution in [1.29, 1.82) is 0 Å². The van der Waals surface area contributed by atoms with Crippen molar-refractivity contribution in [3.8, 4) is 0 Å². The van der Waals surface area contributed by atoms with Gasteiger partial charge in [0.15, 0.2) is 0 Å². The first-order valence-corrected chi connectivity index (χ1v) is 7.05. The summed E-state index contributed by atoms with van der Waals surface area (Å²) in [6, 6.07) is 5.11. The van der Waals surface area contributed by atoms with Crippen LogP contribution in [0.2, 0.25) is 10.0 Å². The second-order valence-corrected chi connectivity index (χ2v) is 5.33. The molecule has 1 amide bonds. The Bertz CT molecular complexity index is 439. The fraction of sp³-hybridized carbons (Fsp3) is 0.462. The molecule has 0 radical (unpaired) electrons. The number of rotatable bonds is 3. The first kappa shape index (κ1) is 14.6. The van der Waals surface area contributed by atoms with E-state index < -0.39 is 0 Å². The average molecular weight is 302 g/mol. The zero-order chi connectivity index (χ0) is 13.8. The van der Waals surface area contributed by atoms with Gasteiger partial charge in [0.1, 0.15) is 0 Å². The summed E-state index contributed by atoms with van der Waals surface area (Å²) in [6.07, 6.45) is 0. The highest BCUT2D eigenvalue weighted by Gasteiger charge is 2.24. The van der Waals surface area contributed by atoms with Crippen molar-refractivity contribution in [3.63, 3.8) is 0 Å². The molecule has 1 aromatic rings. The third-order valence-electron chi connectivity index (χ3n) is 3.28. The number of benzene rings is 1. The van der Waals surface area contributed by atoms with E-state index in [-0.39, 0.29) is 5.91 Å². The van der Waals surface area contributed by atoms with Crippen LogP contribution in [-0.2, 0) is 0 Å². The molecule has 104 valence electrons. The molecule has 0 atom stereocenters. The van der Waals surface area contributed by atoms with Gasteiger partial charge in [0.2, 0.25) is 0 Å². The van der Waals surface area contributed by atoms with Crippen LogP contribution in [0.3, 0.4) is 0 Å². The molecule has 0 spiro atoms. The third-order valence-corrected chi connectivity index (χ3v) is 3.91. The van der Waals surface area contributed by atoms with Crippen LogP contribution in [0.15, 0.2) is 18.2 Å². The summed E-state index contributed by atoms with van der Waals surface area (Å²) in [5.74, 6) is -0.0944. The minimum Gasteiger partial charge on any atom is -0.336 e. The molecule has 2 rings (SSSR count). The highest BCUT2D eigenvalue weighted by atomic mass is 35.5. The van der Waals surface area contributed by atoms with Crippen LogP contribution < -0.4 is 5.73 Å². The zero-order valence-corrected chi connectivity index (χ0v) is 12.1. The number of carbonyl (C=O) groups is 1. The highest BCUT2D eigenvalue weighted by Crippen LogP contribution is 2.26. The smallest absolute Gasteiger partial charge is 0.256 e. The molecule has 1 aliphatic heterocycles. The largest absolute Gasteiger partial charge is 0.336 e. The van der Waals surface area contributed by atoms with Crippen LogP contribution >= 0.6 is 23.2 Å². The maximum Gasteiger partial charge on any atom is 0.256 e. The lowest BCUT2D eigenvalue weighted by atomic mass is 10.1. The normalized spacial score (nSPS) is 16.7. The topological polar surface area (TPSA) is 49.6 Å². The summed E-state index contributed by atoms with van der Waals surface area (Å²) in [7, 11) is 0. The molecule has 1 saturated heterocycles. The molecule has 0 unspecified atom stereocenters. The van der Waals surface area contributed by atoms with E-state index in [9.17, 15) is 4.79 Å². The highest BCUT2D eigenvalue weighted by molar-refractivity contribution is 6.39. The van der Waals surface area contributed by atoms with Crippen LogP contribution in [0.5, 0.6) is 0 Å². The fourth-order valence-corrected chi connectivity index (χ4v) is 2.78. The second kappa shape index (κ2) is 6.57. The molecule has 4 nitrogen and oxygen atoms in total. The van der Waals surface area contributed by atoms with Crippen molar-refractivity contribution in [2.75, 3.05) is 39.3 Å². The van der Waals surface area contributed by atoms with Gasteiger partial charge in [0, 0.05) is 39.3 Å². The number of nitrogens with two attached hydrogens (primary N) is 1. The quantitative estimate of drug-likeness (QED) is 0.925. The lowest BCUT2D eigenvalue weighted by molar-refractivity contribution is 0.0641. The monoisotopic (exact) mass is 301 g/mol. The van der Waals surface area contributed by atoms with Gasteiger partial charge in [0.25, 0.3) is 5.91 Å². The molecular formula is C13H17Cl2N3O. The van der Waals surface area contributed by atoms with Crippen molar-refractivity contribution in [2.45, 2.75) is 0 Å². The number of halogens is 2. The van der Waals surface area contributed by atoms with Gasteiger partial charge in [-0.05, 0) is 12.1 Å². The van der Waals surface area contributed by atoms with Crippen LogP contribution in [0.1, 0.15) is 10.4 Å². The lowest BCUT2D eigenvalue weighted by Gasteiger charge is -2.34. The molecule has 1 heterocycles. The summed E-state index contributed by atoms with van der Waals surface area (Å²) in [4.78, 5) is 16.5. The van der Waals surface area contributed by atoms with Crippen LogP contribution in [0, 0.1) is 0 Å². The number of carbonyl (C=O) groups excluding carboxylic acids is 1. The maximum absolute atomic E-state index is 12.4. The molecule has 0 bridgehead atoms. The number of nitrogens with zero attached hydrogens (tertiary/aromatic N) is 2. The summed E-state index contributed by atoms with van der Waals surface area (Å²) in [5.41, 5.74) is 5.93. The summed E-state index contributed by atoms with van der Waals surface area (Å²) < 4.78 is 0. The number of piperazine rings is 1. The van der Waals surface area contributed by atoms with Crippen molar-refractivity contribution in [2.24, 2.45) is 5.73 Å². The number of amides is 1. The van der Waals surface area contributed by atoms with Gasteiger partial charge in [-0.1, -0.05) is 29.3 Å². The molecule has 1 aliphatic rings. The molecular weight excluding hydrogens is 285 g/mol. The summed E-state index contributed by atoms with van der Waals surface area (Å²) in [5, 5.41) is 0.809. The lowest BCUT2D eigenvalue weighted by Crippen LogP contribution is -2.49. The van der Waals surface area contributed by atoms with Gasteiger partial charge >= 0.3 is 0 Å². The van der Waals surface area contributed by atoms with E-state index in [2.05, 4.69) is 4.90 Å². The average Bonchev–Trinajstić information content (AvgIpc) is 2.39. The van der Waals surface area contributed by atoms with Gasteiger partial charge in [-0.2, -0.15) is 0 Å². The van der Waals surface area contributed by atoms with Crippen molar-refractivity contribution >= 4 is 29.1 Å². The van der Waals surface area contributed by atoms with Gasteiger partial charge < -0.3 is 10.6 Å².